The Labute approximate surface area is 103 Å². The standard InChI is InChI=1S/C11H10ClNO2S/c1-7(4-11(14)15)16-10-3-2-9(12)5-8(10)6-13/h2-3,5,7H,4H2,1H3,(H,14,15). The molecule has 0 saturated carbocycles. The molecule has 0 heterocycles. The van der Waals surface area contributed by atoms with Crippen molar-refractivity contribution >= 4 is 29.3 Å². The molecule has 1 N–H and O–H groups in total. The average molecular weight is 256 g/mol. The van der Waals surface area contributed by atoms with Gasteiger partial charge in [-0.25, -0.2) is 0 Å². The molecule has 0 aliphatic rings. The smallest absolute Gasteiger partial charge is 0.304 e. The topological polar surface area (TPSA) is 61.1 Å². The quantitative estimate of drug-likeness (QED) is 0.840. The number of nitriles is 1. The van der Waals surface area contributed by atoms with Crippen LogP contribution < -0.4 is 0 Å². The third-order valence-corrected chi connectivity index (χ3v) is 3.27. The van der Waals surface area contributed by atoms with E-state index in [1.54, 1.807) is 18.2 Å². The van der Waals surface area contributed by atoms with Crippen molar-refractivity contribution in [2.24, 2.45) is 0 Å². The van der Waals surface area contributed by atoms with Gasteiger partial charge in [-0.15, -0.1) is 11.8 Å². The molecule has 1 aromatic rings. The average Bonchev–Trinajstić information content (AvgIpc) is 2.19. The summed E-state index contributed by atoms with van der Waals surface area (Å²) < 4.78 is 0. The first-order valence-corrected chi connectivity index (χ1v) is 5.86. The van der Waals surface area contributed by atoms with Crippen LogP contribution in [0.2, 0.25) is 5.02 Å². The minimum absolute atomic E-state index is 0.0676. The first-order valence-electron chi connectivity index (χ1n) is 4.61. The molecule has 0 radical (unpaired) electrons. The molecule has 1 rings (SSSR count). The van der Waals surface area contributed by atoms with Crippen molar-refractivity contribution in [3.8, 4) is 6.07 Å². The summed E-state index contributed by atoms with van der Waals surface area (Å²) in [5.74, 6) is -0.840. The Hall–Kier alpha value is -1.18. The summed E-state index contributed by atoms with van der Waals surface area (Å²) in [5.41, 5.74) is 0.481. The minimum atomic E-state index is -0.840. The molecular weight excluding hydrogens is 246 g/mol. The molecule has 0 spiro atoms. The maximum atomic E-state index is 10.5. The van der Waals surface area contributed by atoms with Crippen LogP contribution in [0.15, 0.2) is 23.1 Å². The summed E-state index contributed by atoms with van der Waals surface area (Å²) in [5, 5.41) is 18.0. The number of carboxylic acids is 1. The Morgan fingerprint density at radius 3 is 2.94 bits per heavy atom. The fourth-order valence-corrected chi connectivity index (χ4v) is 2.41. The van der Waals surface area contributed by atoms with E-state index in [1.807, 2.05) is 13.0 Å². The summed E-state index contributed by atoms with van der Waals surface area (Å²) >= 11 is 7.13. The Bertz CT molecular complexity index is 442. The molecule has 1 atom stereocenters. The molecule has 16 heavy (non-hydrogen) atoms. The van der Waals surface area contributed by atoms with Crippen molar-refractivity contribution in [1.82, 2.24) is 0 Å². The molecule has 0 aliphatic heterocycles. The van der Waals surface area contributed by atoms with E-state index in [1.165, 1.54) is 11.8 Å². The number of benzene rings is 1. The van der Waals surface area contributed by atoms with Gasteiger partial charge in [0.25, 0.3) is 0 Å². The zero-order valence-corrected chi connectivity index (χ0v) is 10.2. The van der Waals surface area contributed by atoms with E-state index in [2.05, 4.69) is 0 Å². The zero-order chi connectivity index (χ0) is 12.1. The normalized spacial score (nSPS) is 11.8. The van der Waals surface area contributed by atoms with Gasteiger partial charge in [-0.05, 0) is 18.2 Å². The highest BCUT2D eigenvalue weighted by atomic mass is 35.5. The van der Waals surface area contributed by atoms with Crippen molar-refractivity contribution in [1.29, 1.82) is 5.26 Å². The van der Waals surface area contributed by atoms with E-state index in [-0.39, 0.29) is 11.7 Å². The molecular formula is C11H10ClNO2S. The maximum absolute atomic E-state index is 10.5. The fraction of sp³-hybridized carbons (Fsp3) is 0.273. The van der Waals surface area contributed by atoms with Gasteiger partial charge in [-0.3, -0.25) is 4.79 Å². The van der Waals surface area contributed by atoms with Gasteiger partial charge >= 0.3 is 5.97 Å². The second-order valence-corrected chi connectivity index (χ2v) is 5.20. The fourth-order valence-electron chi connectivity index (χ4n) is 1.20. The second kappa shape index (κ2) is 5.78. The van der Waals surface area contributed by atoms with Gasteiger partial charge in [0.2, 0.25) is 0 Å². The molecule has 0 fully saturated rings. The molecule has 5 heteroatoms. The Morgan fingerprint density at radius 2 is 2.38 bits per heavy atom. The van der Waals surface area contributed by atoms with E-state index in [9.17, 15) is 4.79 Å². The van der Waals surface area contributed by atoms with Crippen LogP contribution in [0.5, 0.6) is 0 Å². The van der Waals surface area contributed by atoms with Crippen molar-refractivity contribution in [2.45, 2.75) is 23.5 Å². The van der Waals surface area contributed by atoms with Crippen LogP contribution in [0.1, 0.15) is 18.9 Å². The molecule has 0 saturated heterocycles. The van der Waals surface area contributed by atoms with Crippen LogP contribution in [0.3, 0.4) is 0 Å². The number of hydrogen-bond donors (Lipinski definition) is 1. The number of thioether (sulfide) groups is 1. The van der Waals surface area contributed by atoms with Crippen molar-refractivity contribution in [3.05, 3.63) is 28.8 Å². The predicted molar refractivity (Wildman–Crippen MR) is 63.7 cm³/mol. The molecule has 0 bridgehead atoms. The molecule has 1 aromatic carbocycles. The van der Waals surface area contributed by atoms with Gasteiger partial charge in [-0.2, -0.15) is 5.26 Å². The first kappa shape index (κ1) is 12.9. The number of nitrogens with zero attached hydrogens (tertiary/aromatic N) is 1. The Balaban J connectivity index is 2.81. The SMILES string of the molecule is CC(CC(=O)O)Sc1ccc(Cl)cc1C#N. The van der Waals surface area contributed by atoms with Crippen LogP contribution in [-0.2, 0) is 4.79 Å². The van der Waals surface area contributed by atoms with Gasteiger partial charge in [0.05, 0.1) is 12.0 Å². The lowest BCUT2D eigenvalue weighted by atomic mass is 10.2. The number of halogens is 1. The van der Waals surface area contributed by atoms with Gasteiger partial charge in [0, 0.05) is 15.2 Å². The Kier molecular flexibility index (Phi) is 4.66. The van der Waals surface area contributed by atoms with E-state index in [0.29, 0.717) is 10.6 Å². The number of aliphatic carboxylic acids is 1. The molecule has 84 valence electrons. The number of carboxylic acid groups (broad SMARTS) is 1. The minimum Gasteiger partial charge on any atom is -0.481 e. The first-order chi connectivity index (χ1) is 7.52. The largest absolute Gasteiger partial charge is 0.481 e. The van der Waals surface area contributed by atoms with E-state index in [4.69, 9.17) is 22.0 Å². The molecule has 1 unspecified atom stereocenters. The molecule has 0 amide bonds. The van der Waals surface area contributed by atoms with E-state index >= 15 is 0 Å². The van der Waals surface area contributed by atoms with Crippen LogP contribution >= 0.6 is 23.4 Å². The van der Waals surface area contributed by atoms with Crippen LogP contribution in [-0.4, -0.2) is 16.3 Å². The summed E-state index contributed by atoms with van der Waals surface area (Å²) in [6.45, 7) is 1.81. The predicted octanol–water partition coefficient (Wildman–Crippen LogP) is 3.17. The lowest BCUT2D eigenvalue weighted by molar-refractivity contribution is -0.136. The van der Waals surface area contributed by atoms with Crippen molar-refractivity contribution < 1.29 is 9.90 Å². The van der Waals surface area contributed by atoms with Gasteiger partial charge in [0.1, 0.15) is 6.07 Å². The van der Waals surface area contributed by atoms with Crippen molar-refractivity contribution in [2.75, 3.05) is 0 Å². The van der Waals surface area contributed by atoms with Gasteiger partial charge in [0.15, 0.2) is 0 Å². The summed E-state index contributed by atoms with van der Waals surface area (Å²) in [7, 11) is 0. The molecule has 0 aliphatic carbocycles. The zero-order valence-electron chi connectivity index (χ0n) is 8.61. The highest BCUT2D eigenvalue weighted by Crippen LogP contribution is 2.29. The van der Waals surface area contributed by atoms with E-state index < -0.39 is 5.97 Å². The van der Waals surface area contributed by atoms with Crippen molar-refractivity contribution in [3.63, 3.8) is 0 Å². The molecule has 3 nitrogen and oxygen atoms in total. The summed E-state index contributed by atoms with van der Waals surface area (Å²) in [6, 6.07) is 7.06. The number of hydrogen-bond acceptors (Lipinski definition) is 3. The summed E-state index contributed by atoms with van der Waals surface area (Å²) in [4.78, 5) is 11.3. The number of rotatable bonds is 4. The van der Waals surface area contributed by atoms with Crippen LogP contribution in [0, 0.1) is 11.3 Å². The third kappa shape index (κ3) is 3.76. The monoisotopic (exact) mass is 255 g/mol. The maximum Gasteiger partial charge on any atom is 0.304 e. The number of carbonyl (C=O) groups is 1. The highest BCUT2D eigenvalue weighted by molar-refractivity contribution is 8.00. The Morgan fingerprint density at radius 1 is 1.69 bits per heavy atom. The highest BCUT2D eigenvalue weighted by Gasteiger charge is 2.12. The lowest BCUT2D eigenvalue weighted by Gasteiger charge is -2.09. The summed E-state index contributed by atoms with van der Waals surface area (Å²) in [6.07, 6.45) is 0.0676. The van der Waals surface area contributed by atoms with Crippen LogP contribution in [0.25, 0.3) is 0 Å². The third-order valence-electron chi connectivity index (χ3n) is 1.85. The van der Waals surface area contributed by atoms with Gasteiger partial charge in [-0.1, -0.05) is 18.5 Å². The molecule has 0 aromatic heterocycles. The van der Waals surface area contributed by atoms with E-state index in [0.717, 1.165) is 4.90 Å². The second-order valence-electron chi connectivity index (χ2n) is 3.28. The lowest BCUT2D eigenvalue weighted by Crippen LogP contribution is -2.05. The van der Waals surface area contributed by atoms with Gasteiger partial charge < -0.3 is 5.11 Å². The van der Waals surface area contributed by atoms with Crippen LogP contribution in [0.4, 0.5) is 0 Å².